The maximum atomic E-state index is 14.3. The number of hydrogen-bond acceptors (Lipinski definition) is 4. The van der Waals surface area contributed by atoms with Gasteiger partial charge in [-0.15, -0.1) is 0 Å². The van der Waals surface area contributed by atoms with E-state index in [4.69, 9.17) is 0 Å². The lowest BCUT2D eigenvalue weighted by atomic mass is 9.88. The van der Waals surface area contributed by atoms with Gasteiger partial charge < -0.3 is 15.0 Å². The summed E-state index contributed by atoms with van der Waals surface area (Å²) in [4.78, 5) is 26.0. The Morgan fingerprint density at radius 3 is 2.48 bits per heavy atom. The quantitative estimate of drug-likeness (QED) is 0.556. The van der Waals surface area contributed by atoms with Gasteiger partial charge in [-0.1, -0.05) is 36.4 Å². The van der Waals surface area contributed by atoms with Crippen LogP contribution in [0.3, 0.4) is 0 Å². The van der Waals surface area contributed by atoms with Crippen LogP contribution in [0.2, 0.25) is 0 Å². The maximum absolute atomic E-state index is 14.3. The number of fused-ring (bicyclic) bond motifs is 3. The summed E-state index contributed by atoms with van der Waals surface area (Å²) in [5.41, 5.74) is 1.30. The minimum absolute atomic E-state index is 0.0409. The molecule has 170 valence electrons. The van der Waals surface area contributed by atoms with E-state index in [1.165, 1.54) is 12.1 Å². The molecule has 8 heteroatoms. The number of hydrogen-bond donors (Lipinski definition) is 3. The van der Waals surface area contributed by atoms with E-state index in [0.29, 0.717) is 17.8 Å². The molecular formula is C25H23F2N3O3. The van der Waals surface area contributed by atoms with Crippen LogP contribution < -0.4 is 16.2 Å². The lowest BCUT2D eigenvalue weighted by Crippen LogP contribution is -2.46. The average Bonchev–Trinajstić information content (AvgIpc) is 3.36. The Balaban J connectivity index is 1.38. The van der Waals surface area contributed by atoms with Gasteiger partial charge in [0.15, 0.2) is 0 Å². The van der Waals surface area contributed by atoms with Crippen LogP contribution in [0.5, 0.6) is 0 Å². The molecule has 0 spiro atoms. The summed E-state index contributed by atoms with van der Waals surface area (Å²) in [6.07, 6.45) is 0. The fourth-order valence-corrected chi connectivity index (χ4v) is 5.07. The topological polar surface area (TPSA) is 83.4 Å². The summed E-state index contributed by atoms with van der Waals surface area (Å²) in [6, 6.07) is 14.8. The molecule has 2 aliphatic rings. The van der Waals surface area contributed by atoms with E-state index in [-0.39, 0.29) is 47.7 Å². The van der Waals surface area contributed by atoms with Crippen LogP contribution in [0, 0.1) is 23.5 Å². The Kier molecular flexibility index (Phi) is 5.55. The third-order valence-electron chi connectivity index (χ3n) is 6.75. The molecule has 4 atom stereocenters. The van der Waals surface area contributed by atoms with E-state index in [1.54, 1.807) is 53.1 Å². The molecule has 0 radical (unpaired) electrons. The normalized spacial score (nSPS) is 23.2. The number of halogens is 2. The van der Waals surface area contributed by atoms with Crippen molar-refractivity contribution in [3.8, 4) is 11.1 Å². The first-order valence-corrected chi connectivity index (χ1v) is 10.9. The number of nitrogens with zero attached hydrogens (tertiary/aromatic N) is 1. The number of nitrogens with one attached hydrogen (secondary N) is 2. The van der Waals surface area contributed by atoms with Gasteiger partial charge in [0.2, 0.25) is 5.91 Å². The predicted octanol–water partition coefficient (Wildman–Crippen LogP) is 2.36. The maximum Gasteiger partial charge on any atom is 0.258 e. The van der Waals surface area contributed by atoms with Crippen LogP contribution >= 0.6 is 0 Å². The zero-order valence-electron chi connectivity index (χ0n) is 17.7. The number of carbonyl (C=O) groups excluding carboxylic acids is 1. The lowest BCUT2D eigenvalue weighted by Gasteiger charge is -2.21. The Hall–Kier alpha value is -3.36. The van der Waals surface area contributed by atoms with Gasteiger partial charge in [-0.05, 0) is 24.3 Å². The van der Waals surface area contributed by atoms with Gasteiger partial charge in [0.05, 0.1) is 17.6 Å². The minimum Gasteiger partial charge on any atom is -0.396 e. The van der Waals surface area contributed by atoms with Gasteiger partial charge in [-0.3, -0.25) is 14.9 Å². The molecule has 2 aliphatic heterocycles. The van der Waals surface area contributed by atoms with Crippen molar-refractivity contribution < 1.29 is 18.7 Å². The summed E-state index contributed by atoms with van der Waals surface area (Å²) in [5.74, 6) is -1.80. The molecule has 0 aliphatic carbocycles. The predicted molar refractivity (Wildman–Crippen MR) is 118 cm³/mol. The fraction of sp³-hybridized carbons (Fsp3) is 0.280. The number of aliphatic hydroxyl groups excluding tert-OH is 1. The first-order valence-electron chi connectivity index (χ1n) is 10.9. The smallest absolute Gasteiger partial charge is 0.258 e. The number of aromatic nitrogens is 1. The molecule has 33 heavy (non-hydrogen) atoms. The Bertz CT molecular complexity index is 1280. The summed E-state index contributed by atoms with van der Waals surface area (Å²) in [6.45, 7) is 0.116. The van der Waals surface area contributed by atoms with Crippen LogP contribution in [0.1, 0.15) is 17.3 Å². The van der Waals surface area contributed by atoms with Crippen molar-refractivity contribution in [2.45, 2.75) is 25.2 Å². The average molecular weight is 451 g/mol. The largest absolute Gasteiger partial charge is 0.396 e. The van der Waals surface area contributed by atoms with Gasteiger partial charge >= 0.3 is 0 Å². The molecule has 1 amide bonds. The van der Waals surface area contributed by atoms with E-state index in [0.717, 1.165) is 0 Å². The van der Waals surface area contributed by atoms with E-state index in [1.807, 2.05) is 0 Å². The molecule has 0 saturated carbocycles. The van der Waals surface area contributed by atoms with Crippen LogP contribution in [-0.2, 0) is 17.9 Å². The third-order valence-corrected chi connectivity index (χ3v) is 6.75. The van der Waals surface area contributed by atoms with Crippen LogP contribution in [-0.4, -0.2) is 28.2 Å². The number of amides is 1. The summed E-state index contributed by atoms with van der Waals surface area (Å²) in [5, 5.41) is 16.1. The van der Waals surface area contributed by atoms with Crippen molar-refractivity contribution in [3.63, 3.8) is 0 Å². The summed E-state index contributed by atoms with van der Waals surface area (Å²) in [7, 11) is 0. The SMILES string of the molecule is O=C(NCc1ccccc1F)[C@@H]1N[C@@H]2c3ccc(-c4ccccc4F)c(=O)n3C[C@@H]2[C@H]1CO. The zero-order valence-corrected chi connectivity index (χ0v) is 17.7. The Labute approximate surface area is 188 Å². The lowest BCUT2D eigenvalue weighted by molar-refractivity contribution is -0.124. The molecule has 1 fully saturated rings. The third kappa shape index (κ3) is 3.65. The molecule has 0 bridgehead atoms. The molecule has 1 aromatic heterocycles. The Morgan fingerprint density at radius 1 is 1.03 bits per heavy atom. The summed E-state index contributed by atoms with van der Waals surface area (Å²) < 4.78 is 29.7. The van der Waals surface area contributed by atoms with Gasteiger partial charge in [0.25, 0.3) is 5.56 Å². The fourth-order valence-electron chi connectivity index (χ4n) is 5.07. The molecular weight excluding hydrogens is 428 g/mol. The molecule has 0 unspecified atom stereocenters. The van der Waals surface area contributed by atoms with Gasteiger partial charge in [-0.25, -0.2) is 8.78 Å². The van der Waals surface area contributed by atoms with E-state index >= 15 is 0 Å². The van der Waals surface area contributed by atoms with Gasteiger partial charge in [0.1, 0.15) is 11.6 Å². The van der Waals surface area contributed by atoms with Crippen molar-refractivity contribution in [1.29, 1.82) is 0 Å². The number of benzene rings is 2. The molecule has 2 aromatic carbocycles. The highest BCUT2D eigenvalue weighted by Gasteiger charge is 2.50. The number of pyridine rings is 1. The highest BCUT2D eigenvalue weighted by atomic mass is 19.1. The van der Waals surface area contributed by atoms with Crippen LogP contribution in [0.4, 0.5) is 8.78 Å². The first-order chi connectivity index (χ1) is 16.0. The second-order valence-electron chi connectivity index (χ2n) is 8.51. The number of carbonyl (C=O) groups is 1. The molecule has 6 nitrogen and oxygen atoms in total. The van der Waals surface area contributed by atoms with E-state index < -0.39 is 23.6 Å². The molecule has 3 aromatic rings. The van der Waals surface area contributed by atoms with E-state index in [9.17, 15) is 23.5 Å². The second-order valence-corrected chi connectivity index (χ2v) is 8.51. The van der Waals surface area contributed by atoms with Crippen molar-refractivity contribution >= 4 is 5.91 Å². The van der Waals surface area contributed by atoms with Crippen molar-refractivity contribution in [2.75, 3.05) is 6.61 Å². The van der Waals surface area contributed by atoms with Gasteiger partial charge in [-0.2, -0.15) is 0 Å². The first kappa shape index (κ1) is 21.5. The molecule has 1 saturated heterocycles. The molecule has 5 rings (SSSR count). The molecule has 3 heterocycles. The van der Waals surface area contributed by atoms with Crippen molar-refractivity contribution in [1.82, 2.24) is 15.2 Å². The van der Waals surface area contributed by atoms with Gasteiger partial charge in [0, 0.05) is 48.4 Å². The van der Waals surface area contributed by atoms with Crippen LogP contribution in [0.15, 0.2) is 65.5 Å². The number of rotatable bonds is 5. The zero-order chi connectivity index (χ0) is 23.1. The monoisotopic (exact) mass is 451 g/mol. The standard InChI is InChI=1S/C25H23F2N3O3/c26-19-7-3-1-5-14(19)11-28-24(32)23-18(13-31)17-12-30-21(22(17)29-23)10-9-16(25(30)33)15-6-2-4-8-20(15)27/h1-10,17-18,22-23,29,31H,11-13H2,(H,28,32)/t17-,18-,22+,23-/m1/s1. The highest BCUT2D eigenvalue weighted by Crippen LogP contribution is 2.42. The van der Waals surface area contributed by atoms with Crippen molar-refractivity contribution in [3.05, 3.63) is 93.9 Å². The Morgan fingerprint density at radius 2 is 1.76 bits per heavy atom. The second kappa shape index (κ2) is 8.53. The highest BCUT2D eigenvalue weighted by molar-refractivity contribution is 5.82. The summed E-state index contributed by atoms with van der Waals surface area (Å²) >= 11 is 0. The minimum atomic E-state index is -0.674. The number of aliphatic hydroxyl groups is 1. The van der Waals surface area contributed by atoms with E-state index in [2.05, 4.69) is 10.6 Å². The molecule has 3 N–H and O–H groups in total. The van der Waals surface area contributed by atoms with Crippen LogP contribution in [0.25, 0.3) is 11.1 Å². The van der Waals surface area contributed by atoms with Crippen molar-refractivity contribution in [2.24, 2.45) is 11.8 Å².